The fourth-order valence-electron chi connectivity index (χ4n) is 1.97. The van der Waals surface area contributed by atoms with Crippen LogP contribution in [0.25, 0.3) is 6.08 Å². The smallest absolute Gasteiger partial charge is 0.222 e. The molecule has 1 aromatic heterocycles. The molecule has 1 atom stereocenters. The van der Waals surface area contributed by atoms with Crippen molar-refractivity contribution in [3.05, 3.63) is 27.8 Å². The molecule has 2 aliphatic rings. The zero-order valence-corrected chi connectivity index (χ0v) is 8.89. The molecule has 1 fully saturated rings. The van der Waals surface area contributed by atoms with Gasteiger partial charge in [0.15, 0.2) is 0 Å². The van der Waals surface area contributed by atoms with E-state index in [1.54, 1.807) is 0 Å². The van der Waals surface area contributed by atoms with E-state index in [0.717, 1.165) is 17.2 Å². The molecule has 72 valence electrons. The average Bonchev–Trinajstić information content (AvgIpc) is 2.87. The van der Waals surface area contributed by atoms with Crippen molar-refractivity contribution in [2.24, 2.45) is 5.92 Å². The zero-order chi connectivity index (χ0) is 9.71. The first-order valence-electron chi connectivity index (χ1n) is 4.67. The summed E-state index contributed by atoms with van der Waals surface area (Å²) in [5, 5.41) is 0.725. The van der Waals surface area contributed by atoms with E-state index in [4.69, 9.17) is 23.2 Å². The Hall–Kier alpha value is -0.600. The lowest BCUT2D eigenvalue weighted by molar-refractivity contribution is 0.712. The molecule has 2 nitrogen and oxygen atoms in total. The predicted molar refractivity (Wildman–Crippen MR) is 56.6 cm³/mol. The van der Waals surface area contributed by atoms with E-state index < -0.39 is 0 Å². The molecule has 0 radical (unpaired) electrons. The highest BCUT2D eigenvalue weighted by Gasteiger charge is 2.35. The van der Waals surface area contributed by atoms with Crippen LogP contribution in [0.4, 0.5) is 0 Å². The van der Waals surface area contributed by atoms with E-state index in [9.17, 15) is 0 Å². The number of hydrogen-bond donors (Lipinski definition) is 0. The molecule has 0 N–H and O–H groups in total. The van der Waals surface area contributed by atoms with Gasteiger partial charge in [-0.3, -0.25) is 0 Å². The van der Waals surface area contributed by atoms with Crippen LogP contribution in [0, 0.1) is 5.92 Å². The van der Waals surface area contributed by atoms with Crippen LogP contribution < -0.4 is 0 Å². The fraction of sp³-hybridized carbons (Fsp3) is 0.400. The molecule has 0 saturated heterocycles. The molecule has 1 heterocycles. The van der Waals surface area contributed by atoms with Gasteiger partial charge in [-0.15, -0.1) is 0 Å². The molecule has 1 aromatic rings. The second-order valence-corrected chi connectivity index (χ2v) is 4.50. The summed E-state index contributed by atoms with van der Waals surface area (Å²) < 4.78 is 0. The quantitative estimate of drug-likeness (QED) is 0.543. The van der Waals surface area contributed by atoms with Crippen molar-refractivity contribution in [3.8, 4) is 0 Å². The van der Waals surface area contributed by atoms with Gasteiger partial charge in [0, 0.05) is 11.5 Å². The minimum absolute atomic E-state index is 0.253. The van der Waals surface area contributed by atoms with E-state index in [-0.39, 0.29) is 5.28 Å². The number of halogens is 2. The predicted octanol–water partition coefficient (Wildman–Crippen LogP) is 3.30. The highest BCUT2D eigenvalue weighted by molar-refractivity contribution is 6.33. The van der Waals surface area contributed by atoms with Crippen LogP contribution in [-0.4, -0.2) is 9.97 Å². The van der Waals surface area contributed by atoms with Gasteiger partial charge in [-0.25, -0.2) is 9.97 Å². The summed E-state index contributed by atoms with van der Waals surface area (Å²) in [6.07, 6.45) is 6.75. The van der Waals surface area contributed by atoms with Gasteiger partial charge in [0.2, 0.25) is 5.28 Å². The van der Waals surface area contributed by atoms with Crippen LogP contribution in [0.1, 0.15) is 30.0 Å². The van der Waals surface area contributed by atoms with Crippen molar-refractivity contribution < 1.29 is 0 Å². The minimum Gasteiger partial charge on any atom is -0.222 e. The van der Waals surface area contributed by atoms with E-state index in [0.29, 0.717) is 11.1 Å². The van der Waals surface area contributed by atoms with E-state index >= 15 is 0 Å². The second-order valence-electron chi connectivity index (χ2n) is 3.80. The number of hydrogen-bond acceptors (Lipinski definition) is 2. The Bertz CT molecular complexity index is 424. The third-order valence-corrected chi connectivity index (χ3v) is 3.27. The molecule has 3 rings (SSSR count). The molecule has 1 saturated carbocycles. The monoisotopic (exact) mass is 226 g/mol. The molecular formula is C10H8Cl2N2. The Kier molecular flexibility index (Phi) is 1.83. The third-order valence-electron chi connectivity index (χ3n) is 2.82. The Morgan fingerprint density at radius 3 is 2.71 bits per heavy atom. The topological polar surface area (TPSA) is 25.8 Å². The van der Waals surface area contributed by atoms with Gasteiger partial charge < -0.3 is 0 Å². The lowest BCUT2D eigenvalue weighted by Crippen LogP contribution is -2.01. The lowest BCUT2D eigenvalue weighted by atomic mass is 10.0. The van der Waals surface area contributed by atoms with Crippen molar-refractivity contribution in [3.63, 3.8) is 0 Å². The summed E-state index contributed by atoms with van der Waals surface area (Å²) in [7, 11) is 0. The molecule has 0 aliphatic heterocycles. The van der Waals surface area contributed by atoms with Crippen LogP contribution in [0.2, 0.25) is 10.4 Å². The Balaban J connectivity index is 2.12. The Morgan fingerprint density at radius 2 is 2.00 bits per heavy atom. The summed E-state index contributed by atoms with van der Waals surface area (Å²) in [5.74, 6) is 1.16. The fourth-order valence-corrected chi connectivity index (χ4v) is 2.43. The number of rotatable bonds is 1. The molecule has 0 spiro atoms. The summed E-state index contributed by atoms with van der Waals surface area (Å²) in [6, 6.07) is 0. The minimum atomic E-state index is 0.253. The third kappa shape index (κ3) is 1.25. The number of nitrogens with zero attached hydrogens (tertiary/aromatic N) is 2. The largest absolute Gasteiger partial charge is 0.224 e. The number of allylic oxidation sites excluding steroid dienone is 1. The zero-order valence-electron chi connectivity index (χ0n) is 7.37. The van der Waals surface area contributed by atoms with Crippen molar-refractivity contribution in [2.45, 2.75) is 18.8 Å². The number of fused-ring (bicyclic) bond motifs is 1. The summed E-state index contributed by atoms with van der Waals surface area (Å²) in [4.78, 5) is 8.19. The first-order valence-corrected chi connectivity index (χ1v) is 5.42. The van der Waals surface area contributed by atoms with Gasteiger partial charge in [0.25, 0.3) is 0 Å². The molecule has 1 unspecified atom stereocenters. The van der Waals surface area contributed by atoms with Crippen LogP contribution >= 0.6 is 23.2 Å². The van der Waals surface area contributed by atoms with Gasteiger partial charge in [0.1, 0.15) is 5.15 Å². The van der Waals surface area contributed by atoms with Gasteiger partial charge in [-0.2, -0.15) is 0 Å². The lowest BCUT2D eigenvalue weighted by Gasteiger charge is -2.08. The molecule has 0 bridgehead atoms. The standard InChI is InChI=1S/C10H8Cl2N2/c11-9-7-4-3-6(5-1-2-5)8(7)13-10(12)14-9/h3-6H,1-2H2. The van der Waals surface area contributed by atoms with E-state index in [1.165, 1.54) is 12.8 Å². The summed E-state index contributed by atoms with van der Waals surface area (Å²) in [5.41, 5.74) is 1.96. The van der Waals surface area contributed by atoms with Crippen molar-refractivity contribution in [1.29, 1.82) is 0 Å². The molecule has 0 aromatic carbocycles. The molecule has 0 amide bonds. The maximum Gasteiger partial charge on any atom is 0.224 e. The van der Waals surface area contributed by atoms with Crippen LogP contribution in [-0.2, 0) is 0 Å². The maximum absolute atomic E-state index is 5.98. The average molecular weight is 227 g/mol. The van der Waals surface area contributed by atoms with Crippen molar-refractivity contribution >= 4 is 29.3 Å². The van der Waals surface area contributed by atoms with Crippen LogP contribution in [0.5, 0.6) is 0 Å². The molecule has 2 aliphatic carbocycles. The van der Waals surface area contributed by atoms with Crippen LogP contribution in [0.3, 0.4) is 0 Å². The molecular weight excluding hydrogens is 219 g/mol. The number of aromatic nitrogens is 2. The Morgan fingerprint density at radius 1 is 1.21 bits per heavy atom. The molecule has 4 heteroatoms. The second kappa shape index (κ2) is 2.94. The first kappa shape index (κ1) is 8.69. The SMILES string of the molecule is Clc1nc(Cl)c2c(n1)C(C1CC1)C=C2. The van der Waals surface area contributed by atoms with Crippen molar-refractivity contribution in [2.75, 3.05) is 0 Å². The maximum atomic E-state index is 5.98. The van der Waals surface area contributed by atoms with E-state index in [1.807, 2.05) is 6.08 Å². The van der Waals surface area contributed by atoms with Gasteiger partial charge >= 0.3 is 0 Å². The van der Waals surface area contributed by atoms with Gasteiger partial charge in [-0.1, -0.05) is 23.8 Å². The Labute approximate surface area is 92.0 Å². The van der Waals surface area contributed by atoms with Gasteiger partial charge in [0.05, 0.1) is 5.69 Å². The highest BCUT2D eigenvalue weighted by atomic mass is 35.5. The summed E-state index contributed by atoms with van der Waals surface area (Å²) >= 11 is 11.8. The van der Waals surface area contributed by atoms with E-state index in [2.05, 4.69) is 16.0 Å². The highest BCUT2D eigenvalue weighted by Crippen LogP contribution is 2.47. The normalized spacial score (nSPS) is 24.0. The van der Waals surface area contributed by atoms with Gasteiger partial charge in [-0.05, 0) is 30.4 Å². The molecule has 14 heavy (non-hydrogen) atoms. The van der Waals surface area contributed by atoms with Crippen molar-refractivity contribution in [1.82, 2.24) is 9.97 Å². The summed E-state index contributed by atoms with van der Waals surface area (Å²) in [6.45, 7) is 0. The first-order chi connectivity index (χ1) is 6.75. The van der Waals surface area contributed by atoms with Crippen LogP contribution in [0.15, 0.2) is 6.08 Å².